The van der Waals surface area contributed by atoms with E-state index in [1.165, 1.54) is 11.1 Å². The van der Waals surface area contributed by atoms with E-state index in [-0.39, 0.29) is 0 Å². The highest BCUT2D eigenvalue weighted by Crippen LogP contribution is 2.32. The number of benzene rings is 2. The highest BCUT2D eigenvalue weighted by molar-refractivity contribution is 9.11. The molecule has 1 atom stereocenters. The molecular weight excluding hydrogens is 356 g/mol. The fourth-order valence-corrected chi connectivity index (χ4v) is 3.49. The standard InChI is InChI=1S/C15H14Br2O/c1-18-12-6-4-5-11(9-12)10-15(17)13-7-2-3-8-14(13)16/h2-9,15H,10H2,1H3. The van der Waals surface area contributed by atoms with Crippen LogP contribution in [0.1, 0.15) is 16.0 Å². The maximum Gasteiger partial charge on any atom is 0.119 e. The van der Waals surface area contributed by atoms with Gasteiger partial charge in [-0.2, -0.15) is 0 Å². The minimum atomic E-state index is 0.292. The van der Waals surface area contributed by atoms with Crippen molar-refractivity contribution in [2.75, 3.05) is 7.11 Å². The van der Waals surface area contributed by atoms with Crippen molar-refractivity contribution in [3.8, 4) is 5.75 Å². The SMILES string of the molecule is COc1cccc(CC(Br)c2ccccc2Br)c1. The predicted octanol–water partition coefficient (Wildman–Crippen LogP) is 5.14. The molecule has 0 spiro atoms. The Hall–Kier alpha value is -0.800. The van der Waals surface area contributed by atoms with Crippen LogP contribution in [0.4, 0.5) is 0 Å². The summed E-state index contributed by atoms with van der Waals surface area (Å²) >= 11 is 7.33. The summed E-state index contributed by atoms with van der Waals surface area (Å²) in [5.74, 6) is 0.902. The van der Waals surface area contributed by atoms with Gasteiger partial charge in [-0.3, -0.25) is 0 Å². The van der Waals surface area contributed by atoms with Crippen molar-refractivity contribution in [3.05, 3.63) is 64.1 Å². The van der Waals surface area contributed by atoms with E-state index in [4.69, 9.17) is 4.74 Å². The fourth-order valence-electron chi connectivity index (χ4n) is 1.85. The van der Waals surface area contributed by atoms with Gasteiger partial charge in [-0.25, -0.2) is 0 Å². The molecule has 0 aliphatic carbocycles. The normalized spacial score (nSPS) is 12.2. The summed E-state index contributed by atoms with van der Waals surface area (Å²) in [4.78, 5) is 0.292. The van der Waals surface area contributed by atoms with E-state index in [1.54, 1.807) is 7.11 Å². The predicted molar refractivity (Wildman–Crippen MR) is 82.5 cm³/mol. The van der Waals surface area contributed by atoms with Crippen LogP contribution in [0.25, 0.3) is 0 Å². The van der Waals surface area contributed by atoms with E-state index in [2.05, 4.69) is 62.2 Å². The Morgan fingerprint density at radius 2 is 1.89 bits per heavy atom. The summed E-state index contributed by atoms with van der Waals surface area (Å²) in [5, 5.41) is 0. The molecule has 2 rings (SSSR count). The van der Waals surface area contributed by atoms with Crippen molar-refractivity contribution >= 4 is 31.9 Å². The summed E-state index contributed by atoms with van der Waals surface area (Å²) in [6.07, 6.45) is 0.930. The van der Waals surface area contributed by atoms with Crippen molar-refractivity contribution in [2.24, 2.45) is 0 Å². The van der Waals surface area contributed by atoms with Crippen molar-refractivity contribution in [1.82, 2.24) is 0 Å². The van der Waals surface area contributed by atoms with Crippen LogP contribution in [0.15, 0.2) is 53.0 Å². The van der Waals surface area contributed by atoms with Gasteiger partial charge in [-0.1, -0.05) is 62.2 Å². The van der Waals surface area contributed by atoms with Gasteiger partial charge in [-0.15, -0.1) is 0 Å². The molecule has 0 N–H and O–H groups in total. The van der Waals surface area contributed by atoms with Gasteiger partial charge in [0, 0.05) is 9.30 Å². The third kappa shape index (κ3) is 3.36. The monoisotopic (exact) mass is 368 g/mol. The first-order chi connectivity index (χ1) is 8.70. The molecule has 0 bridgehead atoms. The molecular formula is C15H14Br2O. The lowest BCUT2D eigenvalue weighted by molar-refractivity contribution is 0.414. The summed E-state index contributed by atoms with van der Waals surface area (Å²) in [6.45, 7) is 0. The molecule has 0 heterocycles. The number of methoxy groups -OCH3 is 1. The maximum absolute atomic E-state index is 5.24. The number of alkyl halides is 1. The van der Waals surface area contributed by atoms with E-state index in [1.807, 2.05) is 18.2 Å². The molecule has 3 heteroatoms. The van der Waals surface area contributed by atoms with Gasteiger partial charge in [0.25, 0.3) is 0 Å². The lowest BCUT2D eigenvalue weighted by atomic mass is 10.0. The largest absolute Gasteiger partial charge is 0.497 e. The second-order valence-electron chi connectivity index (χ2n) is 4.04. The minimum Gasteiger partial charge on any atom is -0.497 e. The summed E-state index contributed by atoms with van der Waals surface area (Å²) in [5.41, 5.74) is 2.52. The molecule has 2 aromatic carbocycles. The van der Waals surface area contributed by atoms with E-state index in [9.17, 15) is 0 Å². The Balaban J connectivity index is 2.16. The van der Waals surface area contributed by atoms with E-state index in [0.29, 0.717) is 4.83 Å². The van der Waals surface area contributed by atoms with E-state index < -0.39 is 0 Å². The molecule has 0 saturated carbocycles. The van der Waals surface area contributed by atoms with Crippen molar-refractivity contribution in [2.45, 2.75) is 11.2 Å². The van der Waals surface area contributed by atoms with Gasteiger partial charge in [-0.05, 0) is 35.7 Å². The van der Waals surface area contributed by atoms with Crippen LogP contribution in [0.5, 0.6) is 5.75 Å². The average molecular weight is 370 g/mol. The molecule has 0 saturated heterocycles. The first-order valence-corrected chi connectivity index (χ1v) is 7.43. The van der Waals surface area contributed by atoms with Crippen LogP contribution >= 0.6 is 31.9 Å². The molecule has 94 valence electrons. The maximum atomic E-state index is 5.24. The number of hydrogen-bond acceptors (Lipinski definition) is 1. The summed E-state index contributed by atoms with van der Waals surface area (Å²) in [7, 11) is 1.69. The highest BCUT2D eigenvalue weighted by Gasteiger charge is 2.11. The molecule has 0 fully saturated rings. The molecule has 0 aliphatic rings. The van der Waals surface area contributed by atoms with Crippen molar-refractivity contribution in [1.29, 1.82) is 0 Å². The van der Waals surface area contributed by atoms with Gasteiger partial charge in [0.1, 0.15) is 5.75 Å². The lowest BCUT2D eigenvalue weighted by Crippen LogP contribution is -1.97. The quantitative estimate of drug-likeness (QED) is 0.678. The molecule has 0 aromatic heterocycles. The molecule has 1 unspecified atom stereocenters. The molecule has 0 amide bonds. The van der Waals surface area contributed by atoms with Crippen LogP contribution in [0.2, 0.25) is 0 Å². The Kier molecular flexibility index (Phi) is 4.84. The number of ether oxygens (including phenoxy) is 1. The third-order valence-electron chi connectivity index (χ3n) is 2.79. The zero-order chi connectivity index (χ0) is 13.0. The number of rotatable bonds is 4. The van der Waals surface area contributed by atoms with Gasteiger partial charge in [0.15, 0.2) is 0 Å². The Morgan fingerprint density at radius 3 is 2.61 bits per heavy atom. The Bertz CT molecular complexity index is 525. The molecule has 2 aromatic rings. The summed E-state index contributed by atoms with van der Waals surface area (Å²) < 4.78 is 6.38. The van der Waals surface area contributed by atoms with Crippen molar-refractivity contribution in [3.63, 3.8) is 0 Å². The van der Waals surface area contributed by atoms with Crippen LogP contribution < -0.4 is 4.74 Å². The second-order valence-corrected chi connectivity index (χ2v) is 6.00. The Labute approximate surface area is 124 Å². The zero-order valence-corrected chi connectivity index (χ0v) is 13.2. The zero-order valence-electron chi connectivity index (χ0n) is 10.1. The smallest absolute Gasteiger partial charge is 0.119 e. The summed E-state index contributed by atoms with van der Waals surface area (Å²) in [6, 6.07) is 16.5. The van der Waals surface area contributed by atoms with Gasteiger partial charge in [0.2, 0.25) is 0 Å². The van der Waals surface area contributed by atoms with Crippen LogP contribution in [-0.4, -0.2) is 7.11 Å². The first kappa shape index (κ1) is 13.6. The van der Waals surface area contributed by atoms with Crippen molar-refractivity contribution < 1.29 is 4.74 Å². The fraction of sp³-hybridized carbons (Fsp3) is 0.200. The highest BCUT2D eigenvalue weighted by atomic mass is 79.9. The molecule has 0 aliphatic heterocycles. The lowest BCUT2D eigenvalue weighted by Gasteiger charge is -2.12. The topological polar surface area (TPSA) is 9.23 Å². The van der Waals surface area contributed by atoms with E-state index in [0.717, 1.165) is 16.6 Å². The van der Waals surface area contributed by atoms with Gasteiger partial charge < -0.3 is 4.74 Å². The molecule has 1 nitrogen and oxygen atoms in total. The van der Waals surface area contributed by atoms with Crippen LogP contribution in [0, 0.1) is 0 Å². The van der Waals surface area contributed by atoms with Gasteiger partial charge in [0.05, 0.1) is 7.11 Å². The van der Waals surface area contributed by atoms with Gasteiger partial charge >= 0.3 is 0 Å². The third-order valence-corrected chi connectivity index (χ3v) is 4.33. The minimum absolute atomic E-state index is 0.292. The number of hydrogen-bond donors (Lipinski definition) is 0. The second kappa shape index (κ2) is 6.39. The molecule has 0 radical (unpaired) electrons. The van der Waals surface area contributed by atoms with Crippen LogP contribution in [-0.2, 0) is 6.42 Å². The first-order valence-electron chi connectivity index (χ1n) is 5.72. The Morgan fingerprint density at radius 1 is 1.11 bits per heavy atom. The molecule has 18 heavy (non-hydrogen) atoms. The number of halogens is 2. The van der Waals surface area contributed by atoms with Crippen LogP contribution in [0.3, 0.4) is 0 Å². The average Bonchev–Trinajstić information content (AvgIpc) is 2.39. The van der Waals surface area contributed by atoms with E-state index >= 15 is 0 Å².